The molecule has 1 spiro atoms. The lowest BCUT2D eigenvalue weighted by molar-refractivity contribution is -0.278. The van der Waals surface area contributed by atoms with Crippen LogP contribution in [0.4, 0.5) is 13.2 Å². The first-order valence-electron chi connectivity index (χ1n) is 9.35. The van der Waals surface area contributed by atoms with Crippen LogP contribution in [0.2, 0.25) is 0 Å². The van der Waals surface area contributed by atoms with E-state index in [9.17, 15) is 18.0 Å². The number of carbonyl (C=O) groups is 1. The molecule has 1 aromatic rings. The van der Waals surface area contributed by atoms with Crippen LogP contribution in [-0.4, -0.2) is 37.6 Å². The first-order valence-corrected chi connectivity index (χ1v) is 9.35. The highest BCUT2D eigenvalue weighted by atomic mass is 19.4. The molecule has 0 N–H and O–H groups in total. The van der Waals surface area contributed by atoms with Crippen LogP contribution in [0.1, 0.15) is 50.5 Å². The summed E-state index contributed by atoms with van der Waals surface area (Å²) in [6, 6.07) is 6.92. The highest BCUT2D eigenvalue weighted by molar-refractivity contribution is 5.82. The third kappa shape index (κ3) is 3.85. The van der Waals surface area contributed by atoms with E-state index in [-0.39, 0.29) is 11.2 Å². The van der Waals surface area contributed by atoms with Crippen LogP contribution in [0.5, 0.6) is 0 Å². The Morgan fingerprint density at radius 2 is 1.85 bits per heavy atom. The third-order valence-electron chi connectivity index (χ3n) is 5.64. The van der Waals surface area contributed by atoms with Gasteiger partial charge in [0.15, 0.2) is 0 Å². The van der Waals surface area contributed by atoms with Gasteiger partial charge in [0.1, 0.15) is 6.10 Å². The van der Waals surface area contributed by atoms with E-state index in [0.29, 0.717) is 19.4 Å². The van der Waals surface area contributed by atoms with Gasteiger partial charge in [-0.2, -0.15) is 13.2 Å². The SMILES string of the molecule is CO[C@](C(=O)OC1CCCC[C@@]2(CCCO2)C1)(c1ccccc1)C(F)(F)F. The molecule has 2 aliphatic rings. The number of hydrogen-bond acceptors (Lipinski definition) is 4. The molecule has 1 saturated carbocycles. The molecule has 1 unspecified atom stereocenters. The predicted molar refractivity (Wildman–Crippen MR) is 92.1 cm³/mol. The summed E-state index contributed by atoms with van der Waals surface area (Å²) < 4.78 is 58.1. The van der Waals surface area contributed by atoms with E-state index in [1.165, 1.54) is 24.3 Å². The van der Waals surface area contributed by atoms with Crippen molar-refractivity contribution in [1.82, 2.24) is 0 Å². The Balaban J connectivity index is 1.86. The molecule has 2 fully saturated rings. The average molecular weight is 386 g/mol. The molecule has 1 saturated heterocycles. The second-order valence-corrected chi connectivity index (χ2v) is 7.36. The summed E-state index contributed by atoms with van der Waals surface area (Å²) in [5.41, 5.74) is -3.79. The van der Waals surface area contributed by atoms with Gasteiger partial charge in [-0.05, 0) is 32.1 Å². The van der Waals surface area contributed by atoms with Gasteiger partial charge in [0, 0.05) is 25.7 Å². The van der Waals surface area contributed by atoms with E-state index in [2.05, 4.69) is 0 Å². The van der Waals surface area contributed by atoms with Crippen molar-refractivity contribution in [2.24, 2.45) is 0 Å². The minimum atomic E-state index is -4.95. The van der Waals surface area contributed by atoms with Gasteiger partial charge in [-0.1, -0.05) is 36.8 Å². The second kappa shape index (κ2) is 7.80. The molecular weight excluding hydrogens is 361 g/mol. The van der Waals surface area contributed by atoms with Gasteiger partial charge in [-0.15, -0.1) is 0 Å². The number of halogens is 3. The molecule has 150 valence electrons. The fourth-order valence-electron chi connectivity index (χ4n) is 4.27. The van der Waals surface area contributed by atoms with Crippen molar-refractivity contribution in [3.63, 3.8) is 0 Å². The van der Waals surface area contributed by atoms with Gasteiger partial charge < -0.3 is 14.2 Å². The lowest BCUT2D eigenvalue weighted by atomic mass is 9.90. The maximum absolute atomic E-state index is 14.0. The Bertz CT molecular complexity index is 640. The van der Waals surface area contributed by atoms with Crippen LogP contribution in [0, 0.1) is 0 Å². The summed E-state index contributed by atoms with van der Waals surface area (Å²) in [5.74, 6) is -1.41. The number of carbonyl (C=O) groups excluding carboxylic acids is 1. The molecule has 3 rings (SSSR count). The maximum atomic E-state index is 14.0. The molecule has 0 amide bonds. The van der Waals surface area contributed by atoms with Crippen LogP contribution < -0.4 is 0 Å². The fraction of sp³-hybridized carbons (Fsp3) is 0.650. The standard InChI is InChI=1S/C20H25F3O4/c1-25-19(20(21,22)23,15-8-3-2-4-9-15)17(24)27-16-10-5-6-11-18(14-16)12-7-13-26-18/h2-4,8-9,16H,5-7,10-14H2,1H3/t16?,18-,19+/m1/s1. The molecular formula is C20H25F3O4. The summed E-state index contributed by atoms with van der Waals surface area (Å²) in [7, 11) is 0.885. The molecule has 1 aromatic carbocycles. The van der Waals surface area contributed by atoms with Gasteiger partial charge in [0.05, 0.1) is 5.60 Å². The Hall–Kier alpha value is -1.60. The zero-order valence-corrected chi connectivity index (χ0v) is 15.4. The summed E-state index contributed by atoms with van der Waals surface area (Å²) in [5, 5.41) is 0. The number of rotatable bonds is 4. The van der Waals surface area contributed by atoms with E-state index in [4.69, 9.17) is 14.2 Å². The summed E-state index contributed by atoms with van der Waals surface area (Å²) in [6.07, 6.45) is -0.250. The van der Waals surface area contributed by atoms with Crippen LogP contribution >= 0.6 is 0 Å². The monoisotopic (exact) mass is 386 g/mol. The van der Waals surface area contributed by atoms with Crippen molar-refractivity contribution < 1.29 is 32.2 Å². The molecule has 27 heavy (non-hydrogen) atoms. The summed E-state index contributed by atoms with van der Waals surface area (Å²) in [6.45, 7) is 0.648. The molecule has 1 heterocycles. The first kappa shape index (κ1) is 20.1. The zero-order chi connectivity index (χ0) is 19.5. The first-order chi connectivity index (χ1) is 12.8. The number of methoxy groups -OCH3 is 1. The minimum absolute atomic E-state index is 0.287. The summed E-state index contributed by atoms with van der Waals surface area (Å²) in [4.78, 5) is 12.8. The lowest BCUT2D eigenvalue weighted by Gasteiger charge is -2.35. The van der Waals surface area contributed by atoms with Gasteiger partial charge >= 0.3 is 12.1 Å². The highest BCUT2D eigenvalue weighted by Gasteiger charge is 2.64. The third-order valence-corrected chi connectivity index (χ3v) is 5.64. The molecule has 0 radical (unpaired) electrons. The summed E-state index contributed by atoms with van der Waals surface area (Å²) >= 11 is 0. The normalized spacial score (nSPS) is 28.5. The maximum Gasteiger partial charge on any atom is 0.432 e. The topological polar surface area (TPSA) is 44.8 Å². The smallest absolute Gasteiger partial charge is 0.432 e. The minimum Gasteiger partial charge on any atom is -0.460 e. The van der Waals surface area contributed by atoms with Crippen molar-refractivity contribution in [2.45, 2.75) is 68.4 Å². The molecule has 1 aliphatic heterocycles. The second-order valence-electron chi connectivity index (χ2n) is 7.36. The number of hydrogen-bond donors (Lipinski definition) is 0. The Kier molecular flexibility index (Phi) is 5.82. The van der Waals surface area contributed by atoms with E-state index in [1.807, 2.05) is 0 Å². The lowest BCUT2D eigenvalue weighted by Crippen LogP contribution is -2.52. The highest BCUT2D eigenvalue weighted by Crippen LogP contribution is 2.45. The molecule has 0 bridgehead atoms. The van der Waals surface area contributed by atoms with Gasteiger partial charge in [0.2, 0.25) is 0 Å². The molecule has 1 aliphatic carbocycles. The average Bonchev–Trinajstić information content (AvgIpc) is 2.98. The largest absolute Gasteiger partial charge is 0.460 e. The van der Waals surface area contributed by atoms with Crippen molar-refractivity contribution in [2.75, 3.05) is 13.7 Å². The predicted octanol–water partition coefficient (Wildman–Crippen LogP) is 4.52. The number of esters is 1. The van der Waals surface area contributed by atoms with Crippen molar-refractivity contribution in [1.29, 1.82) is 0 Å². The fourth-order valence-corrected chi connectivity index (χ4v) is 4.27. The van der Waals surface area contributed by atoms with Crippen LogP contribution in [-0.2, 0) is 24.6 Å². The zero-order valence-electron chi connectivity index (χ0n) is 15.4. The Morgan fingerprint density at radius 3 is 2.44 bits per heavy atom. The molecule has 0 aromatic heterocycles. The number of alkyl halides is 3. The van der Waals surface area contributed by atoms with Gasteiger partial charge in [-0.25, -0.2) is 4.79 Å². The molecule has 7 heteroatoms. The van der Waals surface area contributed by atoms with Crippen molar-refractivity contribution >= 4 is 5.97 Å². The molecule has 3 atom stereocenters. The number of benzene rings is 1. The van der Waals surface area contributed by atoms with E-state index in [0.717, 1.165) is 39.2 Å². The van der Waals surface area contributed by atoms with Crippen LogP contribution in [0.25, 0.3) is 0 Å². The Labute approximate surface area is 157 Å². The van der Waals surface area contributed by atoms with Crippen molar-refractivity contribution in [3.05, 3.63) is 35.9 Å². The van der Waals surface area contributed by atoms with Gasteiger partial charge in [-0.3, -0.25) is 0 Å². The van der Waals surface area contributed by atoms with Gasteiger partial charge in [0.25, 0.3) is 5.60 Å². The number of ether oxygens (including phenoxy) is 3. The van der Waals surface area contributed by atoms with Crippen molar-refractivity contribution in [3.8, 4) is 0 Å². The van der Waals surface area contributed by atoms with Crippen LogP contribution in [0.3, 0.4) is 0 Å². The van der Waals surface area contributed by atoms with E-state index in [1.54, 1.807) is 6.07 Å². The van der Waals surface area contributed by atoms with Crippen LogP contribution in [0.15, 0.2) is 30.3 Å². The van der Waals surface area contributed by atoms with E-state index < -0.39 is 23.9 Å². The molecule has 4 nitrogen and oxygen atoms in total. The Morgan fingerprint density at radius 1 is 1.15 bits per heavy atom. The van der Waals surface area contributed by atoms with E-state index >= 15 is 0 Å². The quantitative estimate of drug-likeness (QED) is 0.714.